The van der Waals surface area contributed by atoms with Crippen molar-refractivity contribution in [3.8, 4) is 23.0 Å². The maximum Gasteiger partial charge on any atom is 0.293 e. The van der Waals surface area contributed by atoms with E-state index in [9.17, 15) is 28.4 Å². The van der Waals surface area contributed by atoms with Crippen LogP contribution in [0.25, 0.3) is 11.0 Å². The number of carbonyl (C=O) groups is 1. The van der Waals surface area contributed by atoms with Crippen LogP contribution in [0.5, 0.6) is 23.0 Å². The molecule has 0 radical (unpaired) electrons. The molecule has 0 bridgehead atoms. The van der Waals surface area contributed by atoms with Gasteiger partial charge in [0.25, 0.3) is 21.6 Å². The van der Waals surface area contributed by atoms with Gasteiger partial charge in [0.1, 0.15) is 22.8 Å². The number of hydrogen-bond acceptors (Lipinski definition) is 14. The summed E-state index contributed by atoms with van der Waals surface area (Å²) in [4.78, 5) is 40.4. The van der Waals surface area contributed by atoms with E-state index in [2.05, 4.69) is 91.0 Å². The van der Waals surface area contributed by atoms with Crippen molar-refractivity contribution >= 4 is 44.0 Å². The number of nitrogens with zero attached hydrogens (tertiary/aromatic N) is 5. The lowest BCUT2D eigenvalue weighted by molar-refractivity contribution is -0.384. The summed E-state index contributed by atoms with van der Waals surface area (Å²) in [5, 5.41) is 26.5. The summed E-state index contributed by atoms with van der Waals surface area (Å²) in [6.45, 7) is 12.1. The second-order valence-corrected chi connectivity index (χ2v) is 24.2. The molecule has 3 saturated carbocycles. The molecular formula is C58H68N8O9S. The highest BCUT2D eigenvalue weighted by Gasteiger charge is 2.55. The molecule has 2 aromatic heterocycles. The molecule has 76 heavy (non-hydrogen) atoms. The fourth-order valence-corrected chi connectivity index (χ4v) is 13.0. The van der Waals surface area contributed by atoms with Crippen LogP contribution in [0.1, 0.15) is 111 Å². The number of H-pyrrole nitrogens is 1. The first-order valence-corrected chi connectivity index (χ1v) is 28.2. The topological polar surface area (TPSA) is 205 Å². The Labute approximate surface area is 444 Å². The average Bonchev–Trinajstić information content (AvgIpc) is 4.08. The molecule has 17 nitrogen and oxygen atoms in total. The number of aliphatic hydroxyl groups is 1. The molecule has 6 aromatic rings. The van der Waals surface area contributed by atoms with Gasteiger partial charge in [-0.1, -0.05) is 44.2 Å². The molecule has 2 saturated heterocycles. The van der Waals surface area contributed by atoms with Gasteiger partial charge in [0.15, 0.2) is 11.5 Å². The molecule has 5 aliphatic rings. The summed E-state index contributed by atoms with van der Waals surface area (Å²) in [5.74, 6) is 1.71. The van der Waals surface area contributed by atoms with Crippen LogP contribution in [0, 0.1) is 21.4 Å². The molecule has 4 aromatic carbocycles. The molecule has 1 amide bonds. The Hall–Kier alpha value is -6.73. The van der Waals surface area contributed by atoms with E-state index in [4.69, 9.17) is 14.2 Å². The standard InChI is InChI=1S/C58H68N8O9S/c1-37(2)46-7-5-6-8-47(46)51-34-63(33-39-9-16-52(54(25-39)73-4)74-43-11-12-43)23-24-65(51)42-29-58(30-42)35-64(36-58)41-10-14-48(53(27-41)75-44-26-40-19-22-59-55(40)61-32-44)56(67)62-76(71,72)45-13-15-49(50(28-45)66(69)70)60-31-38-17-20-57(3,68)21-18-38/h5-10,13-16,19,22,25-28,32,37-38,42-43,51,60,68H,11-12,17-18,20-21,23-24,29-31,33-36H2,1-4H3,(H,59,61)(H,62,67)/t38?,51-,57?/m0/s1. The van der Waals surface area contributed by atoms with E-state index in [1.165, 1.54) is 35.0 Å². The van der Waals surface area contributed by atoms with Gasteiger partial charge < -0.3 is 34.5 Å². The molecule has 3 aliphatic carbocycles. The van der Waals surface area contributed by atoms with Gasteiger partial charge >= 0.3 is 0 Å². The zero-order valence-electron chi connectivity index (χ0n) is 43.7. The first-order chi connectivity index (χ1) is 36.5. The van der Waals surface area contributed by atoms with Crippen molar-refractivity contribution < 1.29 is 37.5 Å². The lowest BCUT2D eigenvalue weighted by Crippen LogP contribution is -2.68. The fraction of sp³-hybridized carbons (Fsp3) is 0.448. The Morgan fingerprint density at radius 2 is 1.74 bits per heavy atom. The van der Waals surface area contributed by atoms with Crippen LogP contribution in [-0.2, 0) is 16.6 Å². The number of pyridine rings is 1. The first kappa shape index (κ1) is 51.4. The lowest BCUT2D eigenvalue weighted by atomic mass is 9.59. The highest BCUT2D eigenvalue weighted by molar-refractivity contribution is 7.90. The average molecular weight is 1050 g/mol. The van der Waals surface area contributed by atoms with Crippen molar-refractivity contribution in [2.24, 2.45) is 11.3 Å². The third-order valence-electron chi connectivity index (χ3n) is 16.4. The Bertz CT molecular complexity index is 3240. The maximum atomic E-state index is 14.1. The van der Waals surface area contributed by atoms with Crippen molar-refractivity contribution in [3.63, 3.8) is 0 Å². The van der Waals surface area contributed by atoms with Gasteiger partial charge in [0.05, 0.1) is 40.4 Å². The summed E-state index contributed by atoms with van der Waals surface area (Å²) in [5.41, 5.74) is 4.59. The SMILES string of the molecule is COc1cc(CN2CCN(C3CC4(C3)CN(c3ccc(C(=O)NS(=O)(=O)c5ccc(NCC6CCC(C)(O)CC6)c([N+](=O)[O-])c5)c(Oc5cnc6[nH]ccc6c5)c3)C4)[C@H](c3ccccc3C(C)C)C2)ccc1OC1CC1. The maximum absolute atomic E-state index is 14.1. The third kappa shape index (κ3) is 10.9. The number of anilines is 2. The van der Waals surface area contributed by atoms with Crippen LogP contribution >= 0.6 is 0 Å². The summed E-state index contributed by atoms with van der Waals surface area (Å²) >= 11 is 0. The van der Waals surface area contributed by atoms with Gasteiger partial charge in [-0.05, 0) is 135 Å². The minimum Gasteiger partial charge on any atom is -0.493 e. The number of amides is 1. The normalized spacial score (nSPS) is 22.0. The molecule has 0 unspecified atom stereocenters. The predicted molar refractivity (Wildman–Crippen MR) is 291 cm³/mol. The second kappa shape index (κ2) is 20.7. The summed E-state index contributed by atoms with van der Waals surface area (Å²) in [7, 11) is -2.89. The number of benzene rings is 4. The largest absolute Gasteiger partial charge is 0.493 e. The van der Waals surface area contributed by atoms with Crippen LogP contribution in [0.2, 0.25) is 0 Å². The number of nitro groups is 1. The number of nitro benzene ring substituents is 1. The highest BCUT2D eigenvalue weighted by atomic mass is 32.2. The Kier molecular flexibility index (Phi) is 14.0. The molecule has 1 spiro atoms. The van der Waals surface area contributed by atoms with E-state index in [0.29, 0.717) is 48.8 Å². The van der Waals surface area contributed by atoms with E-state index in [1.54, 1.807) is 31.5 Å². The zero-order valence-corrected chi connectivity index (χ0v) is 44.5. The van der Waals surface area contributed by atoms with Gasteiger partial charge in [-0.25, -0.2) is 18.1 Å². The van der Waals surface area contributed by atoms with Crippen LogP contribution in [-0.4, -0.2) is 108 Å². The molecule has 4 N–H and O–H groups in total. The Morgan fingerprint density at radius 3 is 2.49 bits per heavy atom. The number of aromatic nitrogens is 2. The number of rotatable bonds is 18. The smallest absolute Gasteiger partial charge is 0.293 e. The molecular weight excluding hydrogens is 985 g/mol. The van der Waals surface area contributed by atoms with Gasteiger partial charge in [-0.15, -0.1) is 0 Å². The molecule has 5 fully saturated rings. The van der Waals surface area contributed by atoms with E-state index in [-0.39, 0.29) is 34.4 Å². The minimum absolute atomic E-state index is 0.0368. The minimum atomic E-state index is -4.59. The van der Waals surface area contributed by atoms with Crippen molar-refractivity contribution in [3.05, 3.63) is 136 Å². The predicted octanol–water partition coefficient (Wildman–Crippen LogP) is 9.94. The molecule has 2 aliphatic heterocycles. The van der Waals surface area contributed by atoms with Crippen molar-refractivity contribution in [1.82, 2.24) is 24.5 Å². The fourth-order valence-electron chi connectivity index (χ4n) is 12.0. The number of nitrogens with one attached hydrogen (secondary N) is 3. The van der Waals surface area contributed by atoms with Gasteiger partial charge in [-0.3, -0.25) is 24.7 Å². The zero-order chi connectivity index (χ0) is 52.9. The number of sulfonamides is 1. The van der Waals surface area contributed by atoms with Gasteiger partial charge in [0.2, 0.25) is 0 Å². The first-order valence-electron chi connectivity index (χ1n) is 26.7. The Balaban J connectivity index is 0.782. The summed E-state index contributed by atoms with van der Waals surface area (Å²) in [6, 6.07) is 28.3. The number of fused-ring (bicyclic) bond motifs is 1. The number of hydrogen-bond donors (Lipinski definition) is 4. The number of methoxy groups -OCH3 is 1. The van der Waals surface area contributed by atoms with Crippen molar-refractivity contribution in [2.75, 3.05) is 56.6 Å². The summed E-state index contributed by atoms with van der Waals surface area (Å²) in [6.07, 6.45) is 10.7. The number of ether oxygens (including phenoxy) is 3. The van der Waals surface area contributed by atoms with E-state index >= 15 is 0 Å². The number of piperazine rings is 1. The highest BCUT2D eigenvalue weighted by Crippen LogP contribution is 2.54. The number of carbonyl (C=O) groups excluding carboxylic acids is 1. The third-order valence-corrected chi connectivity index (χ3v) is 17.8. The van der Waals surface area contributed by atoms with Crippen molar-refractivity contribution in [1.29, 1.82) is 0 Å². The Morgan fingerprint density at radius 1 is 0.947 bits per heavy atom. The molecule has 1 atom stereocenters. The van der Waals surface area contributed by atoms with E-state index < -0.39 is 37.0 Å². The molecule has 18 heteroatoms. The van der Waals surface area contributed by atoms with Gasteiger partial charge in [0, 0.05) is 92.7 Å². The summed E-state index contributed by atoms with van der Waals surface area (Å²) < 4.78 is 48.2. The van der Waals surface area contributed by atoms with Crippen molar-refractivity contribution in [2.45, 2.75) is 113 Å². The monoisotopic (exact) mass is 1050 g/mol. The van der Waals surface area contributed by atoms with E-state index in [0.717, 1.165) is 106 Å². The van der Waals surface area contributed by atoms with Crippen LogP contribution in [0.4, 0.5) is 17.1 Å². The number of aromatic amines is 1. The second-order valence-electron chi connectivity index (χ2n) is 22.6. The van der Waals surface area contributed by atoms with Crippen LogP contribution < -0.4 is 29.1 Å². The molecule has 11 rings (SSSR count). The molecule has 4 heterocycles. The quantitative estimate of drug-likeness (QED) is 0.0467. The lowest BCUT2D eigenvalue weighted by Gasteiger charge is -2.63. The van der Waals surface area contributed by atoms with E-state index in [1.807, 2.05) is 19.1 Å². The molecule has 400 valence electrons. The van der Waals surface area contributed by atoms with Crippen LogP contribution in [0.15, 0.2) is 108 Å². The van der Waals surface area contributed by atoms with Crippen LogP contribution in [0.3, 0.4) is 0 Å². The van der Waals surface area contributed by atoms with Gasteiger partial charge in [-0.2, -0.15) is 0 Å².